The number of anilines is 13. The van der Waals surface area contributed by atoms with E-state index in [0.29, 0.717) is 12.1 Å². The smallest absolute Gasteiger partial charge is 0.252 e. The average molecular weight is 1280 g/mol. The Labute approximate surface area is 586 Å². The van der Waals surface area contributed by atoms with Crippen LogP contribution in [0.5, 0.6) is 0 Å². The zero-order valence-corrected chi connectivity index (χ0v) is 55.5. The van der Waals surface area contributed by atoms with E-state index in [2.05, 4.69) is 358 Å². The largest absolute Gasteiger partial charge is 0.365 e. The van der Waals surface area contributed by atoms with Gasteiger partial charge in [-0.3, -0.25) is 0 Å². The molecule has 472 valence electrons. The zero-order valence-electron chi connectivity index (χ0n) is 55.5. The Kier molecular flexibility index (Phi) is 13.1. The minimum absolute atomic E-state index is 0.155. The Morgan fingerprint density at radius 1 is 0.220 bits per heavy atom. The fourth-order valence-electron chi connectivity index (χ4n) is 19.4. The van der Waals surface area contributed by atoms with Gasteiger partial charge in [-0.15, -0.1) is 0 Å². The molecule has 6 aliphatic heterocycles. The molecule has 2 aliphatic carbocycles. The van der Waals surface area contributed by atoms with Crippen LogP contribution in [0.1, 0.15) is 32.1 Å². The average Bonchev–Trinajstić information content (AvgIpc) is 0.683. The van der Waals surface area contributed by atoms with Crippen LogP contribution in [-0.2, 0) is 0 Å². The molecule has 2 saturated heterocycles. The predicted molar refractivity (Wildman–Crippen MR) is 422 cm³/mol. The molecule has 2 saturated carbocycles. The highest BCUT2D eigenvalue weighted by Crippen LogP contribution is 2.57. The lowest BCUT2D eigenvalue weighted by Crippen LogP contribution is -2.65. The molecular formula is C93H69B2N5. The SMILES string of the molecule is c1ccc(-c2cc3c4c(c2)N(c2c(-c5ccccc5)cccc2-c2ccccc2)c2ccccc2B4c2cc4c(cc2N3c2ccccc2)N(c2ccccc2)c2cc(N3C5CC6CC(C5)CC3C6)cc3c2B4c2ccccc2N3c2c(-c3ccccc3)cccc2-c2ccccc2)cc1. The highest BCUT2D eigenvalue weighted by molar-refractivity contribution is 7.03. The molecule has 0 N–H and O–H groups in total. The first-order chi connectivity index (χ1) is 49.6. The second kappa shape index (κ2) is 22.9. The van der Waals surface area contributed by atoms with Crippen molar-refractivity contribution >= 4 is 120 Å². The summed E-state index contributed by atoms with van der Waals surface area (Å²) in [5.74, 6) is 1.61. The molecule has 5 nitrogen and oxygen atoms in total. The molecule has 14 aromatic carbocycles. The summed E-state index contributed by atoms with van der Waals surface area (Å²) in [4.78, 5) is 13.6. The number of benzene rings is 14. The number of piperidine rings is 2. The van der Waals surface area contributed by atoms with Crippen LogP contribution < -0.4 is 57.3 Å². The molecule has 100 heavy (non-hydrogen) atoms. The van der Waals surface area contributed by atoms with Crippen molar-refractivity contribution in [2.24, 2.45) is 11.8 Å². The van der Waals surface area contributed by atoms with Gasteiger partial charge in [-0.2, -0.15) is 0 Å². The van der Waals surface area contributed by atoms with Crippen molar-refractivity contribution in [2.45, 2.75) is 44.2 Å². The zero-order chi connectivity index (χ0) is 65.5. The summed E-state index contributed by atoms with van der Waals surface area (Å²) in [6.45, 7) is -0.330. The van der Waals surface area contributed by atoms with Crippen LogP contribution in [-0.4, -0.2) is 25.5 Å². The summed E-state index contributed by atoms with van der Waals surface area (Å²) in [5, 5.41) is 0. The first-order valence-corrected chi connectivity index (χ1v) is 36.0. The maximum atomic E-state index is 2.93. The van der Waals surface area contributed by atoms with Crippen molar-refractivity contribution in [1.29, 1.82) is 0 Å². The molecule has 0 amide bonds. The van der Waals surface area contributed by atoms with E-state index in [1.807, 2.05) is 0 Å². The molecule has 0 unspecified atom stereocenters. The molecule has 0 spiro atoms. The number of nitrogens with zero attached hydrogens (tertiary/aromatic N) is 5. The van der Waals surface area contributed by atoms with Gasteiger partial charge in [0, 0.05) is 96.9 Å². The van der Waals surface area contributed by atoms with Gasteiger partial charge in [0.1, 0.15) is 0 Å². The van der Waals surface area contributed by atoms with Gasteiger partial charge in [0.05, 0.1) is 11.4 Å². The first-order valence-electron chi connectivity index (χ1n) is 36.0. The maximum Gasteiger partial charge on any atom is 0.252 e. The van der Waals surface area contributed by atoms with Gasteiger partial charge in [0.25, 0.3) is 13.4 Å². The summed E-state index contributed by atoms with van der Waals surface area (Å²) in [6, 6.07) is 127. The van der Waals surface area contributed by atoms with Gasteiger partial charge >= 0.3 is 0 Å². The summed E-state index contributed by atoms with van der Waals surface area (Å²) >= 11 is 0. The fraction of sp³-hybridized carbons (Fsp3) is 0.0968. The van der Waals surface area contributed by atoms with Crippen molar-refractivity contribution in [1.82, 2.24) is 0 Å². The second-order valence-corrected chi connectivity index (χ2v) is 28.7. The van der Waals surface area contributed by atoms with Gasteiger partial charge in [-0.25, -0.2) is 0 Å². The van der Waals surface area contributed by atoms with Gasteiger partial charge in [0.15, 0.2) is 0 Å². The van der Waals surface area contributed by atoms with Gasteiger partial charge < -0.3 is 24.5 Å². The van der Waals surface area contributed by atoms with E-state index in [9.17, 15) is 0 Å². The number of para-hydroxylation sites is 6. The Balaban J connectivity index is 0.875. The highest BCUT2D eigenvalue weighted by atomic mass is 15.2. The normalized spacial score (nSPS) is 17.7. The molecule has 0 aromatic heterocycles. The molecule has 6 heterocycles. The van der Waals surface area contributed by atoms with E-state index in [0.717, 1.165) is 34.5 Å². The van der Waals surface area contributed by atoms with Crippen LogP contribution in [0.25, 0.3) is 55.6 Å². The molecule has 14 aromatic rings. The van der Waals surface area contributed by atoms with E-state index >= 15 is 0 Å². The van der Waals surface area contributed by atoms with E-state index in [1.54, 1.807) is 0 Å². The molecule has 7 heteroatoms. The van der Waals surface area contributed by atoms with Gasteiger partial charge in [-0.1, -0.05) is 267 Å². The summed E-state index contributed by atoms with van der Waals surface area (Å²) < 4.78 is 0. The lowest BCUT2D eigenvalue weighted by Gasteiger charge is -2.58. The molecule has 0 atom stereocenters. The highest BCUT2D eigenvalue weighted by Gasteiger charge is 2.52. The fourth-order valence-corrected chi connectivity index (χ4v) is 19.4. The van der Waals surface area contributed by atoms with Crippen LogP contribution in [0.3, 0.4) is 0 Å². The van der Waals surface area contributed by atoms with E-state index in [1.165, 1.54) is 172 Å². The maximum absolute atomic E-state index is 2.93. The summed E-state index contributed by atoms with van der Waals surface area (Å²) in [5.41, 5.74) is 35.1. The lowest BCUT2D eigenvalue weighted by molar-refractivity contribution is 0.0900. The monoisotopic (exact) mass is 1280 g/mol. The quantitative estimate of drug-likeness (QED) is 0.127. The number of rotatable bonds is 10. The van der Waals surface area contributed by atoms with E-state index < -0.39 is 0 Å². The van der Waals surface area contributed by atoms with Crippen molar-refractivity contribution in [3.63, 3.8) is 0 Å². The minimum Gasteiger partial charge on any atom is -0.365 e. The minimum atomic E-state index is -0.175. The topological polar surface area (TPSA) is 16.2 Å². The summed E-state index contributed by atoms with van der Waals surface area (Å²) in [7, 11) is 0. The van der Waals surface area contributed by atoms with E-state index in [4.69, 9.17) is 0 Å². The van der Waals surface area contributed by atoms with Gasteiger partial charge in [-0.05, 0) is 177 Å². The van der Waals surface area contributed by atoms with Crippen molar-refractivity contribution < 1.29 is 0 Å². The van der Waals surface area contributed by atoms with Crippen LogP contribution in [0.2, 0.25) is 0 Å². The van der Waals surface area contributed by atoms with Gasteiger partial charge in [0.2, 0.25) is 0 Å². The Morgan fingerprint density at radius 3 is 0.950 bits per heavy atom. The number of hydrogen-bond acceptors (Lipinski definition) is 5. The lowest BCUT2D eigenvalue weighted by atomic mass is 9.30. The van der Waals surface area contributed by atoms with Crippen LogP contribution in [0, 0.1) is 11.8 Å². The predicted octanol–water partition coefficient (Wildman–Crippen LogP) is 20.0. The standard InChI is InChI=1S/C93H69B2N5/c1-8-28-63(29-9-1)68-55-86-90-87(56-68)99(92-74(64-30-10-2-11-31-64)42-26-43-75(92)65-32-12-3-13-33-65)82-48-24-22-46-78(82)94(90)80-59-81-85(60-84(80)97(86)69-38-18-6-19-39-69)98(70-40-20-7-21-41-70)88-57-73(96-71-51-61-50-62(53-71)54-72(96)52-61)58-89-91(88)95(81)79-47-23-25-49-83(79)100(89)93-76(66-34-14-4-15-35-66)44-27-45-77(93)67-36-16-5-17-37-67/h1-49,55-62,71-72H,50-54H2. The number of fused-ring (bicyclic) bond motifs is 8. The first kappa shape index (κ1) is 57.3. The third-order valence-corrected chi connectivity index (χ3v) is 23.2. The molecule has 8 aliphatic rings. The Bertz CT molecular complexity index is 5400. The Hall–Kier alpha value is -11.8. The van der Waals surface area contributed by atoms with Crippen molar-refractivity contribution in [2.75, 3.05) is 24.5 Å². The molecule has 22 rings (SSSR count). The third-order valence-electron chi connectivity index (χ3n) is 23.2. The van der Waals surface area contributed by atoms with Crippen LogP contribution in [0.15, 0.2) is 334 Å². The molecular weight excluding hydrogens is 1210 g/mol. The van der Waals surface area contributed by atoms with E-state index in [-0.39, 0.29) is 13.4 Å². The number of hydrogen-bond donors (Lipinski definition) is 0. The van der Waals surface area contributed by atoms with Crippen LogP contribution in [0.4, 0.5) is 73.9 Å². The van der Waals surface area contributed by atoms with Crippen molar-refractivity contribution in [3.8, 4) is 55.6 Å². The van der Waals surface area contributed by atoms with Crippen molar-refractivity contribution in [3.05, 3.63) is 334 Å². The second-order valence-electron chi connectivity index (χ2n) is 28.7. The molecule has 0 radical (unpaired) electrons. The molecule has 4 fully saturated rings. The molecule has 4 bridgehead atoms. The third kappa shape index (κ3) is 8.83. The summed E-state index contributed by atoms with van der Waals surface area (Å²) in [6.07, 6.45) is 6.45. The Morgan fingerprint density at radius 2 is 0.550 bits per heavy atom. The van der Waals surface area contributed by atoms with Crippen LogP contribution >= 0.6 is 0 Å².